The molecular weight excluding hydrogens is 521 g/mol. The molecule has 0 bridgehead atoms. The second kappa shape index (κ2) is 11.2. The van der Waals surface area contributed by atoms with Crippen molar-refractivity contribution in [1.29, 1.82) is 0 Å². The number of fused-ring (bicyclic) bond motifs is 2. The molecule has 2 aliphatic rings. The normalized spacial score (nSPS) is 18.9. The molecule has 0 saturated heterocycles. The van der Waals surface area contributed by atoms with Gasteiger partial charge in [0.15, 0.2) is 0 Å². The van der Waals surface area contributed by atoms with Crippen LogP contribution in [0, 0.1) is 6.54 Å². The smallest absolute Gasteiger partial charge is 0.370 e. The van der Waals surface area contributed by atoms with Crippen LogP contribution in [0.15, 0.2) is 91.0 Å². The highest BCUT2D eigenvalue weighted by atomic mass is 19.4. The summed E-state index contributed by atoms with van der Waals surface area (Å²) in [5.41, 5.74) is 9.64. The van der Waals surface area contributed by atoms with Gasteiger partial charge in [-0.25, -0.2) is 0 Å². The molecule has 2 aliphatic heterocycles. The number of nitrogens with zero attached hydrogens (tertiary/aromatic N) is 2. The van der Waals surface area contributed by atoms with E-state index in [0.29, 0.717) is 0 Å². The lowest BCUT2D eigenvalue weighted by Crippen LogP contribution is -2.40. The summed E-state index contributed by atoms with van der Waals surface area (Å²) >= 11 is 0. The average Bonchev–Trinajstić information content (AvgIpc) is 2.97. The minimum Gasteiger partial charge on any atom is -0.370 e. The fourth-order valence-electron chi connectivity index (χ4n) is 5.98. The highest BCUT2D eigenvalue weighted by molar-refractivity contribution is 5.65. The first kappa shape index (κ1) is 27.4. The van der Waals surface area contributed by atoms with Gasteiger partial charge in [0.2, 0.25) is 0 Å². The summed E-state index contributed by atoms with van der Waals surface area (Å²) in [7, 11) is 4.12. The molecule has 0 fully saturated rings. The number of halogens is 3. The number of anilines is 3. The van der Waals surface area contributed by atoms with E-state index in [1.807, 2.05) is 11.9 Å². The quantitative estimate of drug-likeness (QED) is 0.263. The van der Waals surface area contributed by atoms with Gasteiger partial charge in [0, 0.05) is 37.1 Å². The van der Waals surface area contributed by atoms with Crippen molar-refractivity contribution in [3.8, 4) is 0 Å². The van der Waals surface area contributed by atoms with Gasteiger partial charge in [-0.15, -0.1) is 0 Å². The molecule has 6 rings (SSSR count). The summed E-state index contributed by atoms with van der Waals surface area (Å²) in [6.07, 6.45) is -3.11. The Bertz CT molecular complexity index is 1500. The van der Waals surface area contributed by atoms with Crippen LogP contribution in [-0.2, 0) is 19.3 Å². The maximum absolute atomic E-state index is 12.7. The van der Waals surface area contributed by atoms with Crippen molar-refractivity contribution in [2.75, 3.05) is 30.9 Å². The van der Waals surface area contributed by atoms with Gasteiger partial charge in [0.05, 0.1) is 25.2 Å². The summed E-state index contributed by atoms with van der Waals surface area (Å²) in [5, 5.41) is 7.08. The molecule has 0 saturated carbocycles. The number of alkyl halides is 3. The van der Waals surface area contributed by atoms with E-state index in [9.17, 15) is 13.2 Å². The lowest BCUT2D eigenvalue weighted by molar-refractivity contribution is -0.127. The first-order valence-electron chi connectivity index (χ1n) is 14.0. The number of nitrogens with one attached hydrogen (secondary N) is 2. The molecule has 0 aliphatic carbocycles. The molecule has 0 amide bonds. The van der Waals surface area contributed by atoms with E-state index < -0.39 is 12.6 Å². The van der Waals surface area contributed by atoms with Crippen LogP contribution in [0.25, 0.3) is 0 Å². The fourth-order valence-corrected chi connectivity index (χ4v) is 5.98. The Morgan fingerprint density at radius 3 is 2.39 bits per heavy atom. The Balaban J connectivity index is 1.16. The summed E-state index contributed by atoms with van der Waals surface area (Å²) in [5.74, 6) is 0. The maximum atomic E-state index is 12.7. The van der Waals surface area contributed by atoms with Crippen LogP contribution >= 0.6 is 0 Å². The lowest BCUT2D eigenvalue weighted by atomic mass is 9.88. The van der Waals surface area contributed by atoms with E-state index in [1.165, 1.54) is 27.8 Å². The molecule has 4 aromatic rings. The van der Waals surface area contributed by atoms with Gasteiger partial charge in [-0.1, -0.05) is 54.6 Å². The van der Waals surface area contributed by atoms with Crippen LogP contribution in [0.5, 0.6) is 0 Å². The van der Waals surface area contributed by atoms with Crippen LogP contribution in [0.1, 0.15) is 39.4 Å². The molecule has 211 valence electrons. The maximum Gasteiger partial charge on any atom is 0.393 e. The third kappa shape index (κ3) is 6.11. The van der Waals surface area contributed by atoms with Gasteiger partial charge in [-0.3, -0.25) is 10.2 Å². The molecule has 2 heterocycles. The van der Waals surface area contributed by atoms with Gasteiger partial charge < -0.3 is 10.2 Å². The van der Waals surface area contributed by atoms with Crippen molar-refractivity contribution in [3.63, 3.8) is 0 Å². The van der Waals surface area contributed by atoms with Crippen molar-refractivity contribution < 1.29 is 13.2 Å². The Kier molecular flexibility index (Phi) is 7.49. The molecule has 4 aromatic carbocycles. The number of likely N-dealkylation sites (N-methyl/N-ethyl adjacent to an activating group) is 1. The van der Waals surface area contributed by atoms with E-state index >= 15 is 0 Å². The van der Waals surface area contributed by atoms with E-state index in [-0.39, 0.29) is 17.8 Å². The number of hydrogen-bond acceptors (Lipinski definition) is 4. The minimum atomic E-state index is -4.20. The van der Waals surface area contributed by atoms with Crippen LogP contribution in [-0.4, -0.2) is 37.9 Å². The van der Waals surface area contributed by atoms with Crippen LogP contribution in [0.3, 0.4) is 0 Å². The van der Waals surface area contributed by atoms with Gasteiger partial charge in [0.1, 0.15) is 0 Å². The van der Waals surface area contributed by atoms with Crippen molar-refractivity contribution in [2.45, 2.75) is 37.6 Å². The van der Waals surface area contributed by atoms with Crippen molar-refractivity contribution >= 4 is 17.1 Å². The number of benzene rings is 4. The van der Waals surface area contributed by atoms with E-state index in [0.717, 1.165) is 36.4 Å². The summed E-state index contributed by atoms with van der Waals surface area (Å²) in [6, 6.07) is 30.5. The molecule has 41 heavy (non-hydrogen) atoms. The molecule has 7 heteroatoms. The van der Waals surface area contributed by atoms with E-state index in [4.69, 9.17) is 0 Å². The molecule has 1 unspecified atom stereocenters. The van der Waals surface area contributed by atoms with Crippen LogP contribution < -0.4 is 15.5 Å². The Morgan fingerprint density at radius 1 is 0.902 bits per heavy atom. The molecule has 4 nitrogen and oxygen atoms in total. The predicted molar refractivity (Wildman–Crippen MR) is 159 cm³/mol. The van der Waals surface area contributed by atoms with E-state index in [1.54, 1.807) is 24.3 Å². The third-order valence-corrected chi connectivity index (χ3v) is 8.20. The molecular formula is C34H34F3N4. The Labute approximate surface area is 239 Å². The minimum absolute atomic E-state index is 0.144. The largest absolute Gasteiger partial charge is 0.393 e. The zero-order chi connectivity index (χ0) is 28.6. The van der Waals surface area contributed by atoms with Crippen molar-refractivity contribution in [1.82, 2.24) is 10.2 Å². The average molecular weight is 556 g/mol. The molecule has 0 aromatic heterocycles. The Morgan fingerprint density at radius 2 is 1.63 bits per heavy atom. The predicted octanol–water partition coefficient (Wildman–Crippen LogP) is 7.23. The monoisotopic (exact) mass is 555 g/mol. The zero-order valence-corrected chi connectivity index (χ0v) is 23.2. The second-order valence-corrected chi connectivity index (χ2v) is 11.1. The van der Waals surface area contributed by atoms with Gasteiger partial charge >= 0.3 is 6.18 Å². The SMILES string of the molecule is CN(c1ccc(CC(F)(F)F)cc1)c1ccc2c(c1)CCN(C)C2c1ccc(N[C@H]2Cc3ccccc3[CH]N2)cc1. The summed E-state index contributed by atoms with van der Waals surface area (Å²) in [6.45, 7) is 3.02. The number of rotatable bonds is 6. The zero-order valence-electron chi connectivity index (χ0n) is 23.2. The third-order valence-electron chi connectivity index (χ3n) is 8.20. The number of hydrogen-bond donors (Lipinski definition) is 2. The standard InChI is InChI=1S/C34H34F3N4/c1-40-18-17-26-19-30(41(2)29-13-7-23(8-14-29)21-34(35,36)37)15-16-31(26)33(40)24-9-11-28(12-10-24)39-32-20-25-5-3-4-6-27(25)22-38-32/h3-16,19,22,32-33,38-39H,17-18,20-21H2,1-2H3/t32-,33?/m0/s1. The lowest BCUT2D eigenvalue weighted by Gasteiger charge is -2.36. The Hall–Kier alpha value is -3.81. The van der Waals surface area contributed by atoms with Crippen molar-refractivity contribution in [2.24, 2.45) is 0 Å². The van der Waals surface area contributed by atoms with Gasteiger partial charge in [-0.2, -0.15) is 13.2 Å². The molecule has 2 N–H and O–H groups in total. The molecule has 2 atom stereocenters. The molecule has 0 spiro atoms. The first-order valence-corrected chi connectivity index (χ1v) is 14.0. The highest BCUT2D eigenvalue weighted by Crippen LogP contribution is 2.37. The fraction of sp³-hybridized carbons (Fsp3) is 0.265. The van der Waals surface area contributed by atoms with Gasteiger partial charge in [0.25, 0.3) is 0 Å². The highest BCUT2D eigenvalue weighted by Gasteiger charge is 2.28. The second-order valence-electron chi connectivity index (χ2n) is 11.1. The first-order chi connectivity index (χ1) is 19.7. The van der Waals surface area contributed by atoms with Crippen LogP contribution in [0.2, 0.25) is 0 Å². The van der Waals surface area contributed by atoms with E-state index in [2.05, 4.69) is 95.9 Å². The summed E-state index contributed by atoms with van der Waals surface area (Å²) < 4.78 is 38.2. The van der Waals surface area contributed by atoms with Crippen LogP contribution in [0.4, 0.5) is 30.2 Å². The summed E-state index contributed by atoms with van der Waals surface area (Å²) in [4.78, 5) is 4.42. The van der Waals surface area contributed by atoms with Gasteiger partial charge in [-0.05, 0) is 83.2 Å². The molecule has 1 radical (unpaired) electrons. The topological polar surface area (TPSA) is 30.5 Å². The van der Waals surface area contributed by atoms with Crippen molar-refractivity contribution in [3.05, 3.63) is 131 Å².